The van der Waals surface area contributed by atoms with Gasteiger partial charge in [-0.2, -0.15) is 5.48 Å². The SMILES string of the molecule is CNC(=O)ONC(=O)CC(C)(C)C. The van der Waals surface area contributed by atoms with E-state index in [1.165, 1.54) is 7.05 Å². The lowest BCUT2D eigenvalue weighted by Gasteiger charge is -2.16. The summed E-state index contributed by atoms with van der Waals surface area (Å²) in [6.45, 7) is 5.77. The van der Waals surface area contributed by atoms with Gasteiger partial charge in [-0.05, 0) is 5.41 Å². The Morgan fingerprint density at radius 3 is 2.23 bits per heavy atom. The zero-order valence-corrected chi connectivity index (χ0v) is 8.43. The van der Waals surface area contributed by atoms with Gasteiger partial charge >= 0.3 is 6.09 Å². The van der Waals surface area contributed by atoms with E-state index in [9.17, 15) is 9.59 Å². The van der Waals surface area contributed by atoms with Crippen LogP contribution in [0, 0.1) is 5.41 Å². The second-order valence-electron chi connectivity index (χ2n) is 3.90. The van der Waals surface area contributed by atoms with Crippen LogP contribution >= 0.6 is 0 Å². The third-order valence-electron chi connectivity index (χ3n) is 1.15. The van der Waals surface area contributed by atoms with Crippen LogP contribution in [0.25, 0.3) is 0 Å². The van der Waals surface area contributed by atoms with E-state index in [0.29, 0.717) is 6.42 Å². The smallest absolute Gasteiger partial charge is 0.323 e. The van der Waals surface area contributed by atoms with Crippen molar-refractivity contribution in [2.45, 2.75) is 27.2 Å². The summed E-state index contributed by atoms with van der Waals surface area (Å²) in [5, 5.41) is 2.21. The number of amides is 2. The number of hydrogen-bond acceptors (Lipinski definition) is 3. The molecule has 0 heterocycles. The first-order valence-corrected chi connectivity index (χ1v) is 4.02. The van der Waals surface area contributed by atoms with Crippen molar-refractivity contribution in [3.63, 3.8) is 0 Å². The van der Waals surface area contributed by atoms with Crippen LogP contribution in [0.5, 0.6) is 0 Å². The van der Waals surface area contributed by atoms with E-state index in [-0.39, 0.29) is 11.3 Å². The summed E-state index contributed by atoms with van der Waals surface area (Å²) in [6.07, 6.45) is -0.369. The molecular weight excluding hydrogens is 172 g/mol. The van der Waals surface area contributed by atoms with Crippen LogP contribution in [0.4, 0.5) is 4.79 Å². The highest BCUT2D eigenvalue weighted by atomic mass is 16.7. The third-order valence-corrected chi connectivity index (χ3v) is 1.15. The maximum atomic E-state index is 11.1. The van der Waals surface area contributed by atoms with Gasteiger partial charge in [0.2, 0.25) is 0 Å². The first kappa shape index (κ1) is 11.7. The summed E-state index contributed by atoms with van der Waals surface area (Å²) >= 11 is 0. The molecule has 0 unspecified atom stereocenters. The average molecular weight is 188 g/mol. The molecule has 0 saturated heterocycles. The molecule has 0 aliphatic rings. The lowest BCUT2D eigenvalue weighted by molar-refractivity contribution is -0.131. The van der Waals surface area contributed by atoms with E-state index in [4.69, 9.17) is 0 Å². The molecule has 0 bridgehead atoms. The van der Waals surface area contributed by atoms with Gasteiger partial charge in [0.1, 0.15) is 0 Å². The maximum absolute atomic E-state index is 11.1. The summed E-state index contributed by atoms with van der Waals surface area (Å²) < 4.78 is 0. The number of nitrogens with one attached hydrogen (secondary N) is 2. The predicted molar refractivity (Wildman–Crippen MR) is 47.8 cm³/mol. The molecule has 0 rings (SSSR count). The molecule has 13 heavy (non-hydrogen) atoms. The van der Waals surface area contributed by atoms with E-state index in [1.54, 1.807) is 0 Å². The van der Waals surface area contributed by atoms with Gasteiger partial charge in [-0.15, -0.1) is 0 Å². The van der Waals surface area contributed by atoms with E-state index in [0.717, 1.165) is 0 Å². The standard InChI is InChI=1S/C8H16N2O3/c1-8(2,3)5-6(11)10-13-7(12)9-4/h5H2,1-4H3,(H,9,12)(H,10,11). The van der Waals surface area contributed by atoms with Gasteiger partial charge in [-0.25, -0.2) is 4.79 Å². The number of hydrogen-bond donors (Lipinski definition) is 2. The second kappa shape index (κ2) is 4.69. The van der Waals surface area contributed by atoms with Crippen LogP contribution in [0.15, 0.2) is 0 Å². The van der Waals surface area contributed by atoms with Gasteiger partial charge < -0.3 is 10.2 Å². The van der Waals surface area contributed by atoms with E-state index >= 15 is 0 Å². The van der Waals surface area contributed by atoms with Crippen molar-refractivity contribution < 1.29 is 14.4 Å². The maximum Gasteiger partial charge on any atom is 0.431 e. The van der Waals surface area contributed by atoms with Crippen LogP contribution < -0.4 is 10.8 Å². The molecule has 5 nitrogen and oxygen atoms in total. The fraction of sp³-hybridized carbons (Fsp3) is 0.750. The number of carbonyl (C=O) groups is 2. The molecule has 2 N–H and O–H groups in total. The van der Waals surface area contributed by atoms with Gasteiger partial charge in [0.05, 0.1) is 0 Å². The molecule has 0 fully saturated rings. The molecule has 76 valence electrons. The Balaban J connectivity index is 3.71. The second-order valence-corrected chi connectivity index (χ2v) is 3.90. The van der Waals surface area contributed by atoms with Crippen molar-refractivity contribution in [1.29, 1.82) is 0 Å². The Labute approximate surface area is 77.8 Å². The fourth-order valence-electron chi connectivity index (χ4n) is 0.672. The largest absolute Gasteiger partial charge is 0.431 e. The van der Waals surface area contributed by atoms with Gasteiger partial charge in [0, 0.05) is 13.5 Å². The van der Waals surface area contributed by atoms with Crippen LogP contribution in [0.3, 0.4) is 0 Å². The summed E-state index contributed by atoms with van der Waals surface area (Å²) in [6, 6.07) is 0. The molecule has 0 spiro atoms. The Morgan fingerprint density at radius 1 is 1.31 bits per heavy atom. The van der Waals surface area contributed by atoms with E-state index in [2.05, 4.69) is 10.2 Å². The van der Waals surface area contributed by atoms with Crippen molar-refractivity contribution in [1.82, 2.24) is 10.8 Å². The molecule has 0 aliphatic carbocycles. The van der Waals surface area contributed by atoms with E-state index in [1.807, 2.05) is 26.3 Å². The molecule has 0 saturated carbocycles. The monoisotopic (exact) mass is 188 g/mol. The van der Waals surface area contributed by atoms with Gasteiger partial charge in [-0.3, -0.25) is 4.79 Å². The number of carbonyl (C=O) groups excluding carboxylic acids is 2. The number of hydroxylamine groups is 1. The zero-order chi connectivity index (χ0) is 10.5. The van der Waals surface area contributed by atoms with Crippen molar-refractivity contribution in [3.05, 3.63) is 0 Å². The third kappa shape index (κ3) is 7.11. The van der Waals surface area contributed by atoms with Gasteiger partial charge in [-0.1, -0.05) is 20.8 Å². The minimum absolute atomic E-state index is 0.115. The van der Waals surface area contributed by atoms with Crippen molar-refractivity contribution in [3.8, 4) is 0 Å². The molecule has 0 aromatic rings. The molecule has 0 aromatic carbocycles. The first-order valence-electron chi connectivity index (χ1n) is 4.02. The number of rotatable bonds is 1. The van der Waals surface area contributed by atoms with Gasteiger partial charge in [0.25, 0.3) is 5.91 Å². The van der Waals surface area contributed by atoms with Crippen LogP contribution in [-0.4, -0.2) is 19.0 Å². The van der Waals surface area contributed by atoms with Crippen molar-refractivity contribution in [2.24, 2.45) is 5.41 Å². The highest BCUT2D eigenvalue weighted by molar-refractivity contribution is 5.77. The minimum atomic E-state index is -0.678. The topological polar surface area (TPSA) is 67.4 Å². The molecule has 0 atom stereocenters. The molecule has 0 aliphatic heterocycles. The molecule has 0 aromatic heterocycles. The van der Waals surface area contributed by atoms with Crippen LogP contribution in [0.2, 0.25) is 0 Å². The normalized spacial score (nSPS) is 10.5. The summed E-state index contributed by atoms with van der Waals surface area (Å²) in [4.78, 5) is 25.9. The summed E-state index contributed by atoms with van der Waals surface area (Å²) in [5.41, 5.74) is 1.92. The summed E-state index contributed by atoms with van der Waals surface area (Å²) in [7, 11) is 1.41. The highest BCUT2D eigenvalue weighted by Gasteiger charge is 2.16. The Morgan fingerprint density at radius 2 is 1.85 bits per heavy atom. The lowest BCUT2D eigenvalue weighted by Crippen LogP contribution is -2.33. The van der Waals surface area contributed by atoms with Gasteiger partial charge in [0.15, 0.2) is 0 Å². The van der Waals surface area contributed by atoms with Crippen molar-refractivity contribution >= 4 is 12.0 Å². The molecular formula is C8H16N2O3. The predicted octanol–water partition coefficient (Wildman–Crippen LogP) is 0.810. The quantitative estimate of drug-likeness (QED) is 0.598. The Hall–Kier alpha value is -1.26. The van der Waals surface area contributed by atoms with Crippen LogP contribution in [0.1, 0.15) is 27.2 Å². The first-order chi connectivity index (χ1) is 5.85. The Bertz CT molecular complexity index is 196. The Kier molecular flexibility index (Phi) is 4.23. The molecule has 0 radical (unpaired) electrons. The minimum Gasteiger partial charge on any atom is -0.323 e. The van der Waals surface area contributed by atoms with E-state index < -0.39 is 6.09 Å². The molecule has 5 heteroatoms. The average Bonchev–Trinajstić information content (AvgIpc) is 1.97. The van der Waals surface area contributed by atoms with Crippen molar-refractivity contribution in [2.75, 3.05) is 7.05 Å². The fourth-order valence-corrected chi connectivity index (χ4v) is 0.672. The summed E-state index contributed by atoms with van der Waals surface area (Å²) in [5.74, 6) is -0.309. The highest BCUT2D eigenvalue weighted by Crippen LogP contribution is 2.17. The zero-order valence-electron chi connectivity index (χ0n) is 8.43. The van der Waals surface area contributed by atoms with Crippen LogP contribution in [-0.2, 0) is 9.63 Å². The molecule has 2 amide bonds. The lowest BCUT2D eigenvalue weighted by atomic mass is 9.92.